The zero-order chi connectivity index (χ0) is 10.8. The van der Waals surface area contributed by atoms with Crippen LogP contribution in [-0.4, -0.2) is 4.98 Å². The molecule has 1 heterocycles. The van der Waals surface area contributed by atoms with Crippen molar-refractivity contribution in [3.63, 3.8) is 0 Å². The Bertz CT molecular complexity index is 497. The van der Waals surface area contributed by atoms with E-state index in [1.807, 2.05) is 19.1 Å². The number of nitrogens with zero attached hydrogens (tertiary/aromatic N) is 1. The molecule has 2 rings (SSSR count). The molecule has 0 aliphatic rings. The number of rotatable bonds is 2. The van der Waals surface area contributed by atoms with Gasteiger partial charge in [-0.25, -0.2) is 0 Å². The number of nitrogens with two attached hydrogens (primary N) is 1. The summed E-state index contributed by atoms with van der Waals surface area (Å²) in [5.74, 6) is 5.50. The maximum absolute atomic E-state index is 5.50. The molecule has 86 valence electrons. The lowest BCUT2D eigenvalue weighted by atomic mass is 10.1. The SMILES string of the molecule is CCc1ccc2nc(C)cc(NN)c2c1.Cl. The third kappa shape index (κ3) is 2.26. The van der Waals surface area contributed by atoms with Gasteiger partial charge in [-0.2, -0.15) is 0 Å². The number of hydrogen-bond donors (Lipinski definition) is 2. The fraction of sp³-hybridized carbons (Fsp3) is 0.250. The predicted octanol–water partition coefficient (Wildman–Crippen LogP) is 2.81. The van der Waals surface area contributed by atoms with Crippen LogP contribution < -0.4 is 11.3 Å². The fourth-order valence-electron chi connectivity index (χ4n) is 1.74. The minimum atomic E-state index is 0. The zero-order valence-corrected chi connectivity index (χ0v) is 10.3. The molecule has 0 unspecified atom stereocenters. The summed E-state index contributed by atoms with van der Waals surface area (Å²) < 4.78 is 0. The standard InChI is InChI=1S/C12H15N3.ClH/c1-3-9-4-5-11-10(7-9)12(15-13)6-8(2)14-11;/h4-7H,3,13H2,1-2H3,(H,14,15);1H. The van der Waals surface area contributed by atoms with Crippen LogP contribution in [0.4, 0.5) is 5.69 Å². The van der Waals surface area contributed by atoms with Crippen LogP contribution in [0.1, 0.15) is 18.2 Å². The van der Waals surface area contributed by atoms with Gasteiger partial charge in [-0.3, -0.25) is 10.8 Å². The Morgan fingerprint density at radius 2 is 2.06 bits per heavy atom. The van der Waals surface area contributed by atoms with E-state index in [2.05, 4.69) is 29.5 Å². The lowest BCUT2D eigenvalue weighted by Gasteiger charge is -2.08. The summed E-state index contributed by atoms with van der Waals surface area (Å²) in [7, 11) is 0. The first-order valence-corrected chi connectivity index (χ1v) is 5.11. The van der Waals surface area contributed by atoms with Gasteiger partial charge in [-0.05, 0) is 37.1 Å². The van der Waals surface area contributed by atoms with Crippen LogP contribution in [0.3, 0.4) is 0 Å². The molecule has 16 heavy (non-hydrogen) atoms. The molecular formula is C12H16ClN3. The minimum Gasteiger partial charge on any atom is -0.323 e. The molecule has 0 spiro atoms. The van der Waals surface area contributed by atoms with E-state index in [0.29, 0.717) is 0 Å². The molecule has 3 N–H and O–H groups in total. The largest absolute Gasteiger partial charge is 0.323 e. The number of halogens is 1. The second-order valence-corrected chi connectivity index (χ2v) is 3.66. The topological polar surface area (TPSA) is 50.9 Å². The van der Waals surface area contributed by atoms with E-state index in [1.165, 1.54) is 5.56 Å². The number of anilines is 1. The van der Waals surface area contributed by atoms with Crippen LogP contribution in [0.25, 0.3) is 10.9 Å². The lowest BCUT2D eigenvalue weighted by Crippen LogP contribution is -2.08. The van der Waals surface area contributed by atoms with Crippen molar-refractivity contribution < 1.29 is 0 Å². The molecule has 0 bridgehead atoms. The highest BCUT2D eigenvalue weighted by Crippen LogP contribution is 2.23. The lowest BCUT2D eigenvalue weighted by molar-refractivity contribution is 1.14. The summed E-state index contributed by atoms with van der Waals surface area (Å²) in [4.78, 5) is 4.46. The van der Waals surface area contributed by atoms with Crippen molar-refractivity contribution in [1.82, 2.24) is 4.98 Å². The van der Waals surface area contributed by atoms with Crippen molar-refractivity contribution in [3.05, 3.63) is 35.5 Å². The molecular weight excluding hydrogens is 222 g/mol. The highest BCUT2D eigenvalue weighted by molar-refractivity contribution is 5.91. The van der Waals surface area contributed by atoms with Crippen LogP contribution in [0.2, 0.25) is 0 Å². The maximum Gasteiger partial charge on any atom is 0.0726 e. The van der Waals surface area contributed by atoms with Crippen molar-refractivity contribution in [2.75, 3.05) is 5.43 Å². The van der Waals surface area contributed by atoms with Gasteiger partial charge in [0.1, 0.15) is 0 Å². The molecule has 0 amide bonds. The van der Waals surface area contributed by atoms with E-state index in [9.17, 15) is 0 Å². The van der Waals surface area contributed by atoms with Gasteiger partial charge in [0.2, 0.25) is 0 Å². The molecule has 3 nitrogen and oxygen atoms in total. The number of pyridine rings is 1. The zero-order valence-electron chi connectivity index (χ0n) is 9.45. The van der Waals surface area contributed by atoms with Crippen LogP contribution in [0.5, 0.6) is 0 Å². The van der Waals surface area contributed by atoms with Gasteiger partial charge < -0.3 is 5.43 Å². The number of aryl methyl sites for hydroxylation is 2. The van der Waals surface area contributed by atoms with E-state index in [4.69, 9.17) is 5.84 Å². The van der Waals surface area contributed by atoms with Crippen molar-refractivity contribution >= 4 is 29.0 Å². The fourth-order valence-corrected chi connectivity index (χ4v) is 1.74. The second kappa shape index (κ2) is 5.14. The van der Waals surface area contributed by atoms with Crippen molar-refractivity contribution in [1.29, 1.82) is 0 Å². The quantitative estimate of drug-likeness (QED) is 0.624. The Balaban J connectivity index is 0.00000128. The van der Waals surface area contributed by atoms with E-state index in [0.717, 1.165) is 28.7 Å². The summed E-state index contributed by atoms with van der Waals surface area (Å²) in [6.07, 6.45) is 1.02. The van der Waals surface area contributed by atoms with E-state index in [-0.39, 0.29) is 12.4 Å². The average molecular weight is 238 g/mol. The number of fused-ring (bicyclic) bond motifs is 1. The van der Waals surface area contributed by atoms with Gasteiger partial charge in [0, 0.05) is 11.1 Å². The molecule has 1 aromatic carbocycles. The molecule has 4 heteroatoms. The summed E-state index contributed by atoms with van der Waals surface area (Å²) in [6, 6.07) is 8.25. The number of hydrazine groups is 1. The molecule has 0 atom stereocenters. The molecule has 0 saturated heterocycles. The number of nitrogen functional groups attached to an aromatic ring is 1. The molecule has 0 fully saturated rings. The molecule has 0 aliphatic carbocycles. The Morgan fingerprint density at radius 3 is 2.69 bits per heavy atom. The Kier molecular flexibility index (Phi) is 4.10. The van der Waals surface area contributed by atoms with Gasteiger partial charge in [-0.1, -0.05) is 13.0 Å². The van der Waals surface area contributed by atoms with Gasteiger partial charge in [0.25, 0.3) is 0 Å². The van der Waals surface area contributed by atoms with Crippen molar-refractivity contribution in [3.8, 4) is 0 Å². The molecule has 2 aromatic rings. The van der Waals surface area contributed by atoms with Gasteiger partial charge in [0.15, 0.2) is 0 Å². The van der Waals surface area contributed by atoms with Crippen molar-refractivity contribution in [2.24, 2.45) is 5.84 Å². The first kappa shape index (κ1) is 12.7. The number of aromatic nitrogens is 1. The first-order chi connectivity index (χ1) is 7.24. The first-order valence-electron chi connectivity index (χ1n) is 5.11. The summed E-state index contributed by atoms with van der Waals surface area (Å²) in [6.45, 7) is 4.10. The summed E-state index contributed by atoms with van der Waals surface area (Å²) in [5.41, 5.74) is 6.91. The monoisotopic (exact) mass is 237 g/mol. The number of hydrogen-bond acceptors (Lipinski definition) is 3. The van der Waals surface area contributed by atoms with E-state index in [1.54, 1.807) is 0 Å². The molecule has 0 radical (unpaired) electrons. The van der Waals surface area contributed by atoms with Crippen LogP contribution in [0.15, 0.2) is 24.3 Å². The third-order valence-corrected chi connectivity index (χ3v) is 2.56. The van der Waals surface area contributed by atoms with Crippen molar-refractivity contribution in [2.45, 2.75) is 20.3 Å². The normalized spacial score (nSPS) is 9.94. The van der Waals surface area contributed by atoms with Crippen LogP contribution in [-0.2, 0) is 6.42 Å². The summed E-state index contributed by atoms with van der Waals surface area (Å²) in [5, 5.41) is 1.09. The Morgan fingerprint density at radius 1 is 1.31 bits per heavy atom. The Labute approximate surface area is 101 Å². The maximum atomic E-state index is 5.50. The smallest absolute Gasteiger partial charge is 0.0726 e. The minimum absolute atomic E-state index is 0. The number of nitrogens with one attached hydrogen (secondary N) is 1. The molecule has 0 aliphatic heterocycles. The molecule has 1 aromatic heterocycles. The average Bonchev–Trinajstić information content (AvgIpc) is 2.27. The number of benzene rings is 1. The highest BCUT2D eigenvalue weighted by Gasteiger charge is 2.03. The van der Waals surface area contributed by atoms with Gasteiger partial charge >= 0.3 is 0 Å². The van der Waals surface area contributed by atoms with Crippen LogP contribution >= 0.6 is 12.4 Å². The van der Waals surface area contributed by atoms with Gasteiger partial charge in [0.05, 0.1) is 11.2 Å². The second-order valence-electron chi connectivity index (χ2n) is 3.66. The van der Waals surface area contributed by atoms with E-state index >= 15 is 0 Å². The van der Waals surface area contributed by atoms with Gasteiger partial charge in [-0.15, -0.1) is 12.4 Å². The van der Waals surface area contributed by atoms with Crippen LogP contribution in [0, 0.1) is 6.92 Å². The van der Waals surface area contributed by atoms with E-state index < -0.39 is 0 Å². The Hall–Kier alpha value is -1.32. The predicted molar refractivity (Wildman–Crippen MR) is 70.9 cm³/mol. The third-order valence-electron chi connectivity index (χ3n) is 2.56. The highest BCUT2D eigenvalue weighted by atomic mass is 35.5. The molecule has 0 saturated carbocycles. The summed E-state index contributed by atoms with van der Waals surface area (Å²) >= 11 is 0.